The molecule has 18 heavy (non-hydrogen) atoms. The topological polar surface area (TPSA) is 50.7 Å². The molecule has 0 unspecified atom stereocenters. The molecule has 0 atom stereocenters. The van der Waals surface area contributed by atoms with Crippen molar-refractivity contribution in [3.8, 4) is 11.4 Å². The number of nitrogens with zero attached hydrogens (tertiary/aromatic N) is 3. The molecule has 1 N–H and O–H groups in total. The van der Waals surface area contributed by atoms with Gasteiger partial charge in [0.25, 0.3) is 0 Å². The molecule has 0 aliphatic rings. The van der Waals surface area contributed by atoms with Gasteiger partial charge in [-0.15, -0.1) is 0 Å². The maximum absolute atomic E-state index is 4.45. The molecule has 2 aromatic heterocycles. The average molecular weight is 236 g/mol. The Morgan fingerprint density at radius 1 is 1.06 bits per heavy atom. The number of hydrogen-bond donors (Lipinski definition) is 1. The number of anilines is 1. The summed E-state index contributed by atoms with van der Waals surface area (Å²) in [5, 5.41) is 5.22. The quantitative estimate of drug-likeness (QED) is 0.743. The molecule has 0 aliphatic heterocycles. The van der Waals surface area contributed by atoms with Crippen LogP contribution in [0.4, 0.5) is 5.82 Å². The zero-order valence-electron chi connectivity index (χ0n) is 9.96. The van der Waals surface area contributed by atoms with Gasteiger partial charge in [0.2, 0.25) is 0 Å². The highest BCUT2D eigenvalue weighted by molar-refractivity contribution is 5.94. The largest absolute Gasteiger partial charge is 0.373 e. The molecule has 0 aliphatic carbocycles. The summed E-state index contributed by atoms with van der Waals surface area (Å²) < 4.78 is 0. The van der Waals surface area contributed by atoms with Gasteiger partial charge in [0.15, 0.2) is 5.82 Å². The zero-order valence-corrected chi connectivity index (χ0v) is 9.96. The summed E-state index contributed by atoms with van der Waals surface area (Å²) in [4.78, 5) is 13.0. The number of benzene rings is 1. The Balaban J connectivity index is 2.24. The third-order valence-corrected chi connectivity index (χ3v) is 2.82. The smallest absolute Gasteiger partial charge is 0.163 e. The number of fused-ring (bicyclic) bond motifs is 1. The van der Waals surface area contributed by atoms with Gasteiger partial charge in [0, 0.05) is 36.6 Å². The molecular weight excluding hydrogens is 224 g/mol. The van der Waals surface area contributed by atoms with E-state index in [9.17, 15) is 0 Å². The molecule has 0 bridgehead atoms. The zero-order chi connectivity index (χ0) is 12.4. The fourth-order valence-electron chi connectivity index (χ4n) is 1.92. The highest BCUT2D eigenvalue weighted by atomic mass is 15.0. The van der Waals surface area contributed by atoms with E-state index in [1.54, 1.807) is 12.4 Å². The molecule has 3 aromatic rings. The van der Waals surface area contributed by atoms with Gasteiger partial charge in [-0.2, -0.15) is 0 Å². The van der Waals surface area contributed by atoms with Crippen molar-refractivity contribution in [2.75, 3.05) is 12.4 Å². The molecule has 88 valence electrons. The molecule has 1 aromatic carbocycles. The Hall–Kier alpha value is -2.49. The molecule has 4 nitrogen and oxygen atoms in total. The van der Waals surface area contributed by atoms with Crippen molar-refractivity contribution in [3.05, 3.63) is 48.9 Å². The van der Waals surface area contributed by atoms with Crippen LogP contribution >= 0.6 is 0 Å². The normalized spacial score (nSPS) is 10.5. The molecule has 0 spiro atoms. The fraction of sp³-hybridized carbons (Fsp3) is 0.0714. The van der Waals surface area contributed by atoms with Gasteiger partial charge in [-0.05, 0) is 11.5 Å². The van der Waals surface area contributed by atoms with Crippen molar-refractivity contribution in [2.24, 2.45) is 0 Å². The van der Waals surface area contributed by atoms with Gasteiger partial charge in [-0.1, -0.05) is 24.3 Å². The Bertz CT molecular complexity index is 689. The minimum atomic E-state index is 0.686. The molecule has 0 amide bonds. The van der Waals surface area contributed by atoms with Crippen LogP contribution in [0.25, 0.3) is 22.2 Å². The second-order valence-corrected chi connectivity index (χ2v) is 3.92. The van der Waals surface area contributed by atoms with Crippen LogP contribution in [0.3, 0.4) is 0 Å². The van der Waals surface area contributed by atoms with Gasteiger partial charge >= 0.3 is 0 Å². The van der Waals surface area contributed by atoms with Crippen molar-refractivity contribution in [2.45, 2.75) is 0 Å². The number of hydrogen-bond acceptors (Lipinski definition) is 4. The van der Waals surface area contributed by atoms with Crippen LogP contribution < -0.4 is 5.32 Å². The lowest BCUT2D eigenvalue weighted by molar-refractivity contribution is 1.16. The predicted molar refractivity (Wildman–Crippen MR) is 72.3 cm³/mol. The highest BCUT2D eigenvalue weighted by Gasteiger charge is 2.07. The minimum absolute atomic E-state index is 0.686. The number of pyridine rings is 1. The lowest BCUT2D eigenvalue weighted by Crippen LogP contribution is -1.96. The summed E-state index contributed by atoms with van der Waals surface area (Å²) in [5.41, 5.74) is 0.949. The van der Waals surface area contributed by atoms with Crippen molar-refractivity contribution >= 4 is 16.6 Å². The molecule has 4 heteroatoms. The van der Waals surface area contributed by atoms with Crippen LogP contribution in [-0.4, -0.2) is 22.0 Å². The first-order valence-electron chi connectivity index (χ1n) is 5.72. The van der Waals surface area contributed by atoms with Crippen LogP contribution in [0.1, 0.15) is 0 Å². The maximum atomic E-state index is 4.45. The van der Waals surface area contributed by atoms with Crippen molar-refractivity contribution < 1.29 is 0 Å². The van der Waals surface area contributed by atoms with Crippen LogP contribution in [0.15, 0.2) is 48.9 Å². The monoisotopic (exact) mass is 236 g/mol. The lowest BCUT2D eigenvalue weighted by Gasteiger charge is -2.06. The molecular formula is C14H12N4. The fourth-order valence-corrected chi connectivity index (χ4v) is 1.92. The van der Waals surface area contributed by atoms with Gasteiger partial charge < -0.3 is 5.32 Å². The molecule has 0 saturated heterocycles. The summed E-state index contributed by atoms with van der Waals surface area (Å²) in [6.45, 7) is 0. The van der Waals surface area contributed by atoms with Gasteiger partial charge in [0.1, 0.15) is 5.82 Å². The van der Waals surface area contributed by atoms with Crippen LogP contribution in [0.5, 0.6) is 0 Å². The van der Waals surface area contributed by atoms with E-state index in [2.05, 4.69) is 26.3 Å². The molecule has 0 saturated carbocycles. The van der Waals surface area contributed by atoms with E-state index < -0.39 is 0 Å². The first-order valence-corrected chi connectivity index (χ1v) is 5.72. The predicted octanol–water partition coefficient (Wildman–Crippen LogP) is 2.73. The summed E-state index contributed by atoms with van der Waals surface area (Å²) in [6.07, 6.45) is 5.40. The van der Waals surface area contributed by atoms with Crippen molar-refractivity contribution in [3.63, 3.8) is 0 Å². The standard InChI is InChI=1S/C14H12N4/c1-15-13-6-7-17-14(18-13)12-9-16-8-10-4-2-3-5-11(10)12/h2-9H,1H3,(H,15,17,18). The highest BCUT2D eigenvalue weighted by Crippen LogP contribution is 2.25. The molecule has 0 fully saturated rings. The maximum Gasteiger partial charge on any atom is 0.163 e. The number of aromatic nitrogens is 3. The van der Waals surface area contributed by atoms with Crippen LogP contribution in [0, 0.1) is 0 Å². The molecule has 0 radical (unpaired) electrons. The Labute approximate surface area is 105 Å². The SMILES string of the molecule is CNc1ccnc(-c2cncc3ccccc23)n1. The Kier molecular flexibility index (Phi) is 2.61. The Morgan fingerprint density at radius 2 is 1.94 bits per heavy atom. The van der Waals surface area contributed by atoms with E-state index in [4.69, 9.17) is 0 Å². The first-order chi connectivity index (χ1) is 8.88. The van der Waals surface area contributed by atoms with Gasteiger partial charge in [-0.25, -0.2) is 9.97 Å². The molecule has 2 heterocycles. The first kappa shape index (κ1) is 10.7. The number of nitrogens with one attached hydrogen (secondary N) is 1. The Morgan fingerprint density at radius 3 is 2.83 bits per heavy atom. The van der Waals surface area contributed by atoms with Crippen molar-refractivity contribution in [1.29, 1.82) is 0 Å². The third-order valence-electron chi connectivity index (χ3n) is 2.82. The van der Waals surface area contributed by atoms with Crippen LogP contribution in [-0.2, 0) is 0 Å². The third kappa shape index (κ3) is 1.78. The number of rotatable bonds is 2. The van der Waals surface area contributed by atoms with E-state index >= 15 is 0 Å². The van der Waals surface area contributed by atoms with E-state index in [1.807, 2.05) is 37.5 Å². The average Bonchev–Trinajstić information content (AvgIpc) is 2.47. The summed E-state index contributed by atoms with van der Waals surface area (Å²) >= 11 is 0. The summed E-state index contributed by atoms with van der Waals surface area (Å²) in [5.74, 6) is 1.49. The summed E-state index contributed by atoms with van der Waals surface area (Å²) in [6, 6.07) is 9.93. The minimum Gasteiger partial charge on any atom is -0.373 e. The molecule has 3 rings (SSSR count). The van der Waals surface area contributed by atoms with Gasteiger partial charge in [-0.3, -0.25) is 4.98 Å². The van der Waals surface area contributed by atoms with Gasteiger partial charge in [0.05, 0.1) is 0 Å². The lowest BCUT2D eigenvalue weighted by atomic mass is 10.1. The van der Waals surface area contributed by atoms with E-state index in [0.717, 1.165) is 22.2 Å². The van der Waals surface area contributed by atoms with E-state index in [0.29, 0.717) is 5.82 Å². The van der Waals surface area contributed by atoms with E-state index in [-0.39, 0.29) is 0 Å². The second-order valence-electron chi connectivity index (χ2n) is 3.92. The second kappa shape index (κ2) is 4.41. The van der Waals surface area contributed by atoms with Crippen LogP contribution in [0.2, 0.25) is 0 Å². The van der Waals surface area contributed by atoms with E-state index in [1.165, 1.54) is 0 Å². The summed E-state index contributed by atoms with van der Waals surface area (Å²) in [7, 11) is 1.84. The van der Waals surface area contributed by atoms with Crippen molar-refractivity contribution in [1.82, 2.24) is 15.0 Å².